The van der Waals surface area contributed by atoms with Gasteiger partial charge in [0.25, 0.3) is 5.95 Å². The molecule has 0 radical (unpaired) electrons. The van der Waals surface area contributed by atoms with Crippen molar-refractivity contribution in [2.45, 2.75) is 0 Å². The zero-order valence-corrected chi connectivity index (χ0v) is 8.10. The lowest BCUT2D eigenvalue weighted by Gasteiger charge is -2.02. The Hall–Kier alpha value is -2.24. The Balaban J connectivity index is 2.11. The minimum Gasteiger partial charge on any atom is -0.497 e. The van der Waals surface area contributed by atoms with Gasteiger partial charge in [0.05, 0.1) is 7.11 Å². The summed E-state index contributed by atoms with van der Waals surface area (Å²) >= 11 is 0. The summed E-state index contributed by atoms with van der Waals surface area (Å²) in [6, 6.07) is 7.57. The molecule has 0 bridgehead atoms. The topological polar surface area (TPSA) is 86.2 Å². The van der Waals surface area contributed by atoms with Crippen LogP contribution in [0.15, 0.2) is 28.8 Å². The van der Waals surface area contributed by atoms with Crippen molar-refractivity contribution in [1.29, 1.82) is 0 Å². The van der Waals surface area contributed by atoms with Crippen LogP contribution in [0.25, 0.3) is 0 Å². The Kier molecular flexibility index (Phi) is 2.40. The van der Waals surface area contributed by atoms with Gasteiger partial charge in [0.15, 0.2) is 0 Å². The van der Waals surface area contributed by atoms with Crippen molar-refractivity contribution < 1.29 is 9.26 Å². The lowest BCUT2D eigenvalue weighted by molar-refractivity contribution is 0.415. The summed E-state index contributed by atoms with van der Waals surface area (Å²) in [5.41, 5.74) is 6.12. The minimum atomic E-state index is 0.103. The van der Waals surface area contributed by atoms with Crippen molar-refractivity contribution >= 4 is 17.7 Å². The Bertz CT molecular complexity index is 438. The van der Waals surface area contributed by atoms with E-state index in [-0.39, 0.29) is 12.0 Å². The number of nitrogen functional groups attached to an aromatic ring is 1. The molecule has 0 saturated heterocycles. The molecule has 6 heteroatoms. The molecule has 0 aliphatic heterocycles. The van der Waals surface area contributed by atoms with Gasteiger partial charge >= 0.3 is 6.01 Å². The molecule has 6 nitrogen and oxygen atoms in total. The predicted octanol–water partition coefficient (Wildman–Crippen LogP) is 1.40. The molecule has 3 N–H and O–H groups in total. The number of aromatic nitrogens is 2. The van der Waals surface area contributed by atoms with E-state index in [1.807, 2.05) is 24.3 Å². The van der Waals surface area contributed by atoms with Crippen molar-refractivity contribution in [3.8, 4) is 5.75 Å². The van der Waals surface area contributed by atoms with E-state index < -0.39 is 0 Å². The number of hydrogen-bond acceptors (Lipinski definition) is 6. The first-order chi connectivity index (χ1) is 7.28. The van der Waals surface area contributed by atoms with Crippen LogP contribution in [0, 0.1) is 0 Å². The first-order valence-electron chi connectivity index (χ1n) is 4.28. The van der Waals surface area contributed by atoms with E-state index in [0.717, 1.165) is 11.4 Å². The second-order valence-electron chi connectivity index (χ2n) is 2.81. The van der Waals surface area contributed by atoms with Gasteiger partial charge in [-0.3, -0.25) is 0 Å². The maximum Gasteiger partial charge on any atom is 0.327 e. The molecule has 15 heavy (non-hydrogen) atoms. The Morgan fingerprint density at radius 3 is 2.60 bits per heavy atom. The number of nitrogens with one attached hydrogen (secondary N) is 1. The van der Waals surface area contributed by atoms with Gasteiger partial charge in [0.1, 0.15) is 5.75 Å². The zero-order chi connectivity index (χ0) is 10.7. The van der Waals surface area contributed by atoms with E-state index in [2.05, 4.69) is 15.5 Å². The Labute approximate surface area is 86.0 Å². The van der Waals surface area contributed by atoms with E-state index in [1.54, 1.807) is 7.11 Å². The van der Waals surface area contributed by atoms with Gasteiger partial charge in [0, 0.05) is 5.69 Å². The van der Waals surface area contributed by atoms with Crippen LogP contribution in [-0.4, -0.2) is 17.3 Å². The summed E-state index contributed by atoms with van der Waals surface area (Å²) in [6.45, 7) is 0. The fourth-order valence-corrected chi connectivity index (χ4v) is 1.08. The van der Waals surface area contributed by atoms with E-state index in [4.69, 9.17) is 15.0 Å². The van der Waals surface area contributed by atoms with Gasteiger partial charge in [-0.05, 0) is 29.4 Å². The average Bonchev–Trinajstić information content (AvgIpc) is 2.65. The number of nitrogens with two attached hydrogens (primary N) is 1. The van der Waals surface area contributed by atoms with Gasteiger partial charge in [-0.2, -0.15) is 4.98 Å². The molecule has 0 aliphatic carbocycles. The molecule has 2 aromatic rings. The molecule has 0 aliphatic rings. The monoisotopic (exact) mass is 206 g/mol. The highest BCUT2D eigenvalue weighted by Crippen LogP contribution is 2.18. The molecule has 0 fully saturated rings. The maximum absolute atomic E-state index is 5.30. The van der Waals surface area contributed by atoms with E-state index in [9.17, 15) is 0 Å². The molecule has 0 amide bonds. The summed E-state index contributed by atoms with van der Waals surface area (Å²) in [4.78, 5) is 3.81. The largest absolute Gasteiger partial charge is 0.497 e. The second-order valence-corrected chi connectivity index (χ2v) is 2.81. The standard InChI is InChI=1S/C9H10N4O2/c1-14-7-4-2-6(3-5-7)11-9-12-8(10)13-15-9/h2-5H,1H3,(H3,10,11,12,13). The SMILES string of the molecule is COc1ccc(Nc2nc(N)no2)cc1. The second kappa shape index (κ2) is 3.87. The van der Waals surface area contributed by atoms with Crippen LogP contribution in [0.1, 0.15) is 0 Å². The van der Waals surface area contributed by atoms with Gasteiger partial charge in [-0.15, -0.1) is 0 Å². The van der Waals surface area contributed by atoms with Crippen molar-refractivity contribution in [3.05, 3.63) is 24.3 Å². The molecule has 2 rings (SSSR count). The molecular formula is C9H10N4O2. The first kappa shape index (κ1) is 9.32. The van der Waals surface area contributed by atoms with Crippen LogP contribution >= 0.6 is 0 Å². The normalized spacial score (nSPS) is 9.93. The maximum atomic E-state index is 5.30. The van der Waals surface area contributed by atoms with Crippen LogP contribution < -0.4 is 15.8 Å². The summed E-state index contributed by atoms with van der Waals surface area (Å²) < 4.78 is 9.82. The van der Waals surface area contributed by atoms with Crippen LogP contribution in [0.2, 0.25) is 0 Å². The van der Waals surface area contributed by atoms with Crippen LogP contribution in [0.4, 0.5) is 17.7 Å². The average molecular weight is 206 g/mol. The van der Waals surface area contributed by atoms with Crippen molar-refractivity contribution in [1.82, 2.24) is 10.1 Å². The first-order valence-corrected chi connectivity index (χ1v) is 4.28. The number of rotatable bonds is 3. The van der Waals surface area contributed by atoms with E-state index in [1.165, 1.54) is 0 Å². The lowest BCUT2D eigenvalue weighted by Crippen LogP contribution is -1.91. The number of anilines is 3. The van der Waals surface area contributed by atoms with E-state index >= 15 is 0 Å². The molecule has 0 spiro atoms. The van der Waals surface area contributed by atoms with E-state index in [0.29, 0.717) is 0 Å². The quantitative estimate of drug-likeness (QED) is 0.789. The fraction of sp³-hybridized carbons (Fsp3) is 0.111. The lowest BCUT2D eigenvalue weighted by atomic mass is 10.3. The smallest absolute Gasteiger partial charge is 0.327 e. The summed E-state index contributed by atoms with van der Waals surface area (Å²) in [5, 5.41) is 6.35. The molecule has 1 aromatic carbocycles. The fourth-order valence-electron chi connectivity index (χ4n) is 1.08. The summed E-state index contributed by atoms with van der Waals surface area (Å²) in [5.74, 6) is 0.886. The highest BCUT2D eigenvalue weighted by atomic mass is 16.5. The highest BCUT2D eigenvalue weighted by Gasteiger charge is 2.02. The van der Waals surface area contributed by atoms with Gasteiger partial charge in [-0.1, -0.05) is 0 Å². The molecule has 0 saturated carbocycles. The predicted molar refractivity (Wildman–Crippen MR) is 55.0 cm³/mol. The third-order valence-corrected chi connectivity index (χ3v) is 1.78. The number of hydrogen-bond donors (Lipinski definition) is 2. The molecule has 0 atom stereocenters. The summed E-state index contributed by atoms with van der Waals surface area (Å²) in [7, 11) is 1.61. The Morgan fingerprint density at radius 1 is 1.33 bits per heavy atom. The highest BCUT2D eigenvalue weighted by molar-refractivity contribution is 5.53. The van der Waals surface area contributed by atoms with Crippen LogP contribution in [-0.2, 0) is 0 Å². The van der Waals surface area contributed by atoms with Crippen molar-refractivity contribution in [2.24, 2.45) is 0 Å². The van der Waals surface area contributed by atoms with Gasteiger partial charge in [-0.25, -0.2) is 0 Å². The Morgan fingerprint density at radius 2 is 2.07 bits per heavy atom. The number of methoxy groups -OCH3 is 1. The van der Waals surface area contributed by atoms with Crippen molar-refractivity contribution in [2.75, 3.05) is 18.2 Å². The number of benzene rings is 1. The summed E-state index contributed by atoms with van der Waals surface area (Å²) in [6.07, 6.45) is 0. The van der Waals surface area contributed by atoms with Crippen molar-refractivity contribution in [3.63, 3.8) is 0 Å². The number of ether oxygens (including phenoxy) is 1. The molecule has 0 unspecified atom stereocenters. The third-order valence-electron chi connectivity index (χ3n) is 1.78. The molecule has 1 aromatic heterocycles. The molecular weight excluding hydrogens is 196 g/mol. The molecule has 1 heterocycles. The van der Waals surface area contributed by atoms with Gasteiger partial charge in [0.2, 0.25) is 0 Å². The van der Waals surface area contributed by atoms with Crippen LogP contribution in [0.5, 0.6) is 5.75 Å². The number of nitrogens with zero attached hydrogens (tertiary/aromatic N) is 2. The van der Waals surface area contributed by atoms with Crippen LogP contribution in [0.3, 0.4) is 0 Å². The molecule has 78 valence electrons. The van der Waals surface area contributed by atoms with Gasteiger partial charge < -0.3 is 20.3 Å². The third kappa shape index (κ3) is 2.16. The zero-order valence-electron chi connectivity index (χ0n) is 8.10. The minimum absolute atomic E-state index is 0.103.